The van der Waals surface area contributed by atoms with E-state index in [0.717, 1.165) is 12.0 Å². The number of hydrogen-bond donors (Lipinski definition) is 0. The van der Waals surface area contributed by atoms with Crippen molar-refractivity contribution < 1.29 is 14.3 Å². The first-order valence-electron chi connectivity index (χ1n) is 10.6. The molecule has 1 saturated heterocycles. The number of amides is 2. The van der Waals surface area contributed by atoms with Crippen LogP contribution < -0.4 is 4.74 Å². The molecule has 2 amide bonds. The molecule has 30 heavy (non-hydrogen) atoms. The van der Waals surface area contributed by atoms with Gasteiger partial charge in [0.15, 0.2) is 6.61 Å². The van der Waals surface area contributed by atoms with E-state index < -0.39 is 0 Å². The summed E-state index contributed by atoms with van der Waals surface area (Å²) >= 11 is 0. The first kappa shape index (κ1) is 21.9. The minimum Gasteiger partial charge on any atom is -0.484 e. The molecule has 0 aliphatic carbocycles. The van der Waals surface area contributed by atoms with Gasteiger partial charge in [-0.25, -0.2) is 0 Å². The Morgan fingerprint density at radius 3 is 2.10 bits per heavy atom. The smallest absolute Gasteiger partial charge is 0.260 e. The zero-order valence-corrected chi connectivity index (χ0v) is 18.5. The molecule has 0 unspecified atom stereocenters. The first-order valence-corrected chi connectivity index (χ1v) is 10.6. The molecule has 0 aromatic heterocycles. The summed E-state index contributed by atoms with van der Waals surface area (Å²) in [6, 6.07) is 15.5. The van der Waals surface area contributed by atoms with Crippen molar-refractivity contribution in [3.05, 3.63) is 65.2 Å². The zero-order valence-electron chi connectivity index (χ0n) is 18.5. The molecular weight excluding hydrogens is 376 g/mol. The first-order chi connectivity index (χ1) is 14.2. The second-order valence-electron chi connectivity index (χ2n) is 8.96. The lowest BCUT2D eigenvalue weighted by molar-refractivity contribution is -0.133. The Morgan fingerprint density at radius 2 is 1.47 bits per heavy atom. The summed E-state index contributed by atoms with van der Waals surface area (Å²) in [5, 5.41) is 0. The van der Waals surface area contributed by atoms with Crippen molar-refractivity contribution in [1.29, 1.82) is 0 Å². The number of hydrogen-bond acceptors (Lipinski definition) is 3. The van der Waals surface area contributed by atoms with Gasteiger partial charge in [-0.3, -0.25) is 9.59 Å². The molecule has 3 rings (SSSR count). The predicted molar refractivity (Wildman–Crippen MR) is 119 cm³/mol. The molecule has 0 N–H and O–H groups in total. The van der Waals surface area contributed by atoms with Crippen molar-refractivity contribution in [2.45, 2.75) is 39.5 Å². The van der Waals surface area contributed by atoms with Gasteiger partial charge in [-0.2, -0.15) is 0 Å². The zero-order chi connectivity index (χ0) is 21.7. The van der Waals surface area contributed by atoms with E-state index in [9.17, 15) is 9.59 Å². The minimum atomic E-state index is -0.0422. The molecule has 5 nitrogen and oxygen atoms in total. The number of nitrogens with zero attached hydrogens (tertiary/aromatic N) is 2. The summed E-state index contributed by atoms with van der Waals surface area (Å²) in [6.07, 6.45) is 0.766. The van der Waals surface area contributed by atoms with Gasteiger partial charge in [0.25, 0.3) is 11.8 Å². The van der Waals surface area contributed by atoms with Crippen molar-refractivity contribution in [3.63, 3.8) is 0 Å². The van der Waals surface area contributed by atoms with Gasteiger partial charge in [0.05, 0.1) is 0 Å². The van der Waals surface area contributed by atoms with E-state index in [1.54, 1.807) is 4.90 Å². The van der Waals surface area contributed by atoms with Crippen LogP contribution in [0.1, 0.15) is 48.7 Å². The lowest BCUT2D eigenvalue weighted by atomic mass is 9.86. The summed E-state index contributed by atoms with van der Waals surface area (Å²) in [4.78, 5) is 29.1. The van der Waals surface area contributed by atoms with Gasteiger partial charge in [0.2, 0.25) is 0 Å². The Balaban J connectivity index is 1.54. The van der Waals surface area contributed by atoms with Gasteiger partial charge in [-0.1, -0.05) is 50.6 Å². The van der Waals surface area contributed by atoms with Crippen LogP contribution in [0.4, 0.5) is 0 Å². The Hall–Kier alpha value is -2.82. The van der Waals surface area contributed by atoms with E-state index in [4.69, 9.17) is 4.74 Å². The van der Waals surface area contributed by atoms with E-state index in [1.165, 1.54) is 5.56 Å². The fraction of sp³-hybridized carbons (Fsp3) is 0.440. The van der Waals surface area contributed by atoms with Crippen LogP contribution >= 0.6 is 0 Å². The summed E-state index contributed by atoms with van der Waals surface area (Å²) in [5.74, 6) is 0.680. The average molecular weight is 409 g/mol. The second-order valence-corrected chi connectivity index (χ2v) is 8.96. The third kappa shape index (κ3) is 5.62. The maximum absolute atomic E-state index is 12.9. The van der Waals surface area contributed by atoms with Crippen LogP contribution in [0.3, 0.4) is 0 Å². The molecule has 0 atom stereocenters. The molecule has 1 aliphatic rings. The number of benzene rings is 2. The quantitative estimate of drug-likeness (QED) is 0.767. The van der Waals surface area contributed by atoms with Crippen molar-refractivity contribution in [3.8, 4) is 5.75 Å². The van der Waals surface area contributed by atoms with Crippen LogP contribution in [0.15, 0.2) is 48.5 Å². The average Bonchev–Trinajstić information content (AvgIpc) is 2.98. The number of carbonyl (C=O) groups excluding carboxylic acids is 2. The van der Waals surface area contributed by atoms with Gasteiger partial charge < -0.3 is 14.5 Å². The van der Waals surface area contributed by atoms with Crippen LogP contribution in [0.5, 0.6) is 5.75 Å². The lowest BCUT2D eigenvalue weighted by Crippen LogP contribution is -2.39. The van der Waals surface area contributed by atoms with Gasteiger partial charge in [0, 0.05) is 31.7 Å². The van der Waals surface area contributed by atoms with Crippen molar-refractivity contribution in [2.75, 3.05) is 32.8 Å². The van der Waals surface area contributed by atoms with Crippen LogP contribution in [-0.4, -0.2) is 54.4 Å². The highest BCUT2D eigenvalue weighted by atomic mass is 16.5. The normalized spacial score (nSPS) is 14.9. The highest BCUT2D eigenvalue weighted by molar-refractivity contribution is 5.94. The van der Waals surface area contributed by atoms with E-state index in [0.29, 0.717) is 37.5 Å². The van der Waals surface area contributed by atoms with E-state index in [-0.39, 0.29) is 23.8 Å². The molecule has 1 heterocycles. The maximum atomic E-state index is 12.9. The third-order valence-electron chi connectivity index (χ3n) is 5.52. The minimum absolute atomic E-state index is 0.0191. The van der Waals surface area contributed by atoms with Gasteiger partial charge in [-0.15, -0.1) is 0 Å². The standard InChI is InChI=1S/C25H32N2O3/c1-19-6-12-22(13-7-19)30-18-23(28)26-14-5-15-27(17-16-26)24(29)20-8-10-21(11-9-20)25(2,3)4/h6-13H,5,14-18H2,1-4H3. The van der Waals surface area contributed by atoms with E-state index in [2.05, 4.69) is 20.8 Å². The molecule has 0 bridgehead atoms. The fourth-order valence-corrected chi connectivity index (χ4v) is 3.54. The van der Waals surface area contributed by atoms with Crippen molar-refractivity contribution >= 4 is 11.8 Å². The van der Waals surface area contributed by atoms with Gasteiger partial charge in [0.1, 0.15) is 5.75 Å². The van der Waals surface area contributed by atoms with Crippen LogP contribution in [0.25, 0.3) is 0 Å². The molecule has 0 radical (unpaired) electrons. The largest absolute Gasteiger partial charge is 0.484 e. The molecule has 2 aromatic carbocycles. The highest BCUT2D eigenvalue weighted by Crippen LogP contribution is 2.22. The molecule has 1 aliphatic heterocycles. The van der Waals surface area contributed by atoms with Crippen LogP contribution in [0, 0.1) is 6.92 Å². The molecule has 0 saturated carbocycles. The number of carbonyl (C=O) groups is 2. The van der Waals surface area contributed by atoms with Gasteiger partial charge in [-0.05, 0) is 48.6 Å². The Labute approximate surface area is 179 Å². The van der Waals surface area contributed by atoms with E-state index in [1.807, 2.05) is 60.4 Å². The summed E-state index contributed by atoms with van der Waals surface area (Å²) in [6.45, 7) is 10.9. The van der Waals surface area contributed by atoms with Crippen molar-refractivity contribution in [1.82, 2.24) is 9.80 Å². The Morgan fingerprint density at radius 1 is 0.867 bits per heavy atom. The highest BCUT2D eigenvalue weighted by Gasteiger charge is 2.23. The number of rotatable bonds is 4. The third-order valence-corrected chi connectivity index (χ3v) is 5.52. The van der Waals surface area contributed by atoms with Crippen molar-refractivity contribution in [2.24, 2.45) is 0 Å². The Bertz CT molecular complexity index is 867. The topological polar surface area (TPSA) is 49.9 Å². The molecule has 2 aromatic rings. The van der Waals surface area contributed by atoms with E-state index >= 15 is 0 Å². The summed E-state index contributed by atoms with van der Waals surface area (Å²) in [5.41, 5.74) is 3.12. The monoisotopic (exact) mass is 408 g/mol. The number of aryl methyl sites for hydroxylation is 1. The molecule has 1 fully saturated rings. The maximum Gasteiger partial charge on any atom is 0.260 e. The predicted octanol–water partition coefficient (Wildman–Crippen LogP) is 4.05. The number of ether oxygens (including phenoxy) is 1. The SMILES string of the molecule is Cc1ccc(OCC(=O)N2CCCN(C(=O)c3ccc(C(C)(C)C)cc3)CC2)cc1. The molecule has 5 heteroatoms. The van der Waals surface area contributed by atoms with Gasteiger partial charge >= 0.3 is 0 Å². The summed E-state index contributed by atoms with van der Waals surface area (Å²) < 4.78 is 5.63. The molecular formula is C25H32N2O3. The molecule has 0 spiro atoms. The summed E-state index contributed by atoms with van der Waals surface area (Å²) in [7, 11) is 0. The lowest BCUT2D eigenvalue weighted by Gasteiger charge is -2.23. The molecule has 160 valence electrons. The Kier molecular flexibility index (Phi) is 6.80. The van der Waals surface area contributed by atoms with Crippen LogP contribution in [-0.2, 0) is 10.2 Å². The fourth-order valence-electron chi connectivity index (χ4n) is 3.54. The van der Waals surface area contributed by atoms with Crippen LogP contribution in [0.2, 0.25) is 0 Å². The second kappa shape index (κ2) is 9.33.